The molecule has 3 N–H and O–H groups in total. The van der Waals surface area contributed by atoms with Gasteiger partial charge in [0.25, 0.3) is 0 Å². The number of carbonyl (C=O) groups excluding carboxylic acids is 1. The van der Waals surface area contributed by atoms with E-state index in [1.165, 1.54) is 12.4 Å². The fraction of sp³-hybridized carbons (Fsp3) is 0.423. The lowest BCUT2D eigenvalue weighted by Crippen LogP contribution is -2.44. The van der Waals surface area contributed by atoms with Crippen LogP contribution in [0.4, 0.5) is 5.82 Å². The van der Waals surface area contributed by atoms with Crippen molar-refractivity contribution in [1.29, 1.82) is 0 Å². The third-order valence-electron chi connectivity index (χ3n) is 6.09. The number of rotatable bonds is 14. The summed E-state index contributed by atoms with van der Waals surface area (Å²) in [4.78, 5) is 31.0. The maximum atomic E-state index is 13.5. The van der Waals surface area contributed by atoms with Crippen molar-refractivity contribution in [3.8, 4) is 5.88 Å². The van der Waals surface area contributed by atoms with Crippen LogP contribution in [0.3, 0.4) is 0 Å². The largest absolute Gasteiger partial charge is 0.477 e. The van der Waals surface area contributed by atoms with Gasteiger partial charge in [0.1, 0.15) is 12.8 Å². The Hall–Kier alpha value is -3.32. The minimum Gasteiger partial charge on any atom is -0.477 e. The third-order valence-corrected chi connectivity index (χ3v) is 6.52. The van der Waals surface area contributed by atoms with E-state index in [-0.39, 0.29) is 11.9 Å². The van der Waals surface area contributed by atoms with Gasteiger partial charge in [-0.15, -0.1) is 0 Å². The molecular weight excluding hydrogens is 506 g/mol. The minimum absolute atomic E-state index is 0.0308. The van der Waals surface area contributed by atoms with E-state index in [0.717, 1.165) is 18.4 Å². The minimum atomic E-state index is -1.10. The first kappa shape index (κ1) is 29.2. The van der Waals surface area contributed by atoms with Crippen LogP contribution in [-0.4, -0.2) is 61.6 Å². The maximum Gasteiger partial charge on any atom is 0.236 e. The summed E-state index contributed by atoms with van der Waals surface area (Å²) < 4.78 is 10.0. The molecule has 1 aliphatic carbocycles. The van der Waals surface area contributed by atoms with Crippen molar-refractivity contribution in [3.05, 3.63) is 66.7 Å². The molecule has 1 saturated carbocycles. The number of methoxy groups -OCH3 is 1. The third kappa shape index (κ3) is 7.60. The number of nitrogens with zero attached hydrogens (tertiary/aromatic N) is 5. The Morgan fingerprint density at radius 1 is 1.26 bits per heavy atom. The van der Waals surface area contributed by atoms with E-state index >= 15 is 0 Å². The zero-order chi connectivity index (χ0) is 27.8. The molecule has 38 heavy (non-hydrogen) atoms. The number of hydrogen-bond donors (Lipinski definition) is 4. The van der Waals surface area contributed by atoms with Crippen molar-refractivity contribution >= 4 is 30.1 Å². The number of allylic oxidation sites excluding steroid dienone is 4. The van der Waals surface area contributed by atoms with E-state index < -0.39 is 9.58 Å². The molecule has 11 nitrogen and oxygen atoms in total. The fourth-order valence-corrected chi connectivity index (χ4v) is 3.93. The standard InChI is InChI=1S/C26H35N7O4S/c1-6-19(21-14-27-17-24(30-21)37-7-2)9-8-18(3)29-25(34)26(4,12-13-36-5)22-15-28-16-23(31-22)32-33(35,38)20-10-11-20/h6,8-9,14-17,20,35,38H,3,7,10-13H2,1-2,4-5H3,(H-,29,31,32,34)/p+1/b9-8-,19-6+. The number of amides is 1. The second kappa shape index (κ2) is 13.0. The number of anilines is 1. The molecule has 1 aliphatic rings. The number of aromatic nitrogens is 4. The number of ether oxygens (including phenoxy) is 2. The van der Waals surface area contributed by atoms with Crippen LogP contribution in [0.5, 0.6) is 5.88 Å². The van der Waals surface area contributed by atoms with Crippen LogP contribution in [0.25, 0.3) is 5.57 Å². The molecule has 2 atom stereocenters. The molecule has 0 spiro atoms. The lowest BCUT2D eigenvalue weighted by Gasteiger charge is -2.28. The molecule has 0 aromatic carbocycles. The number of carbonyl (C=O) groups is 1. The molecule has 2 unspecified atom stereocenters. The van der Waals surface area contributed by atoms with Crippen molar-refractivity contribution in [2.75, 3.05) is 25.7 Å². The number of hydrogen-bond acceptors (Lipinski definition) is 10. The second-order valence-electron chi connectivity index (χ2n) is 9.09. The maximum absolute atomic E-state index is 13.5. The van der Waals surface area contributed by atoms with Crippen LogP contribution in [0.2, 0.25) is 0 Å². The van der Waals surface area contributed by atoms with Gasteiger partial charge in [-0.05, 0) is 43.0 Å². The monoisotopic (exact) mass is 542 g/mol. The molecule has 2 heterocycles. The highest BCUT2D eigenvalue weighted by atomic mass is 32.1. The quantitative estimate of drug-likeness (QED) is 0.122. The van der Waals surface area contributed by atoms with Gasteiger partial charge in [-0.25, -0.2) is 9.97 Å². The molecule has 1 amide bonds. The molecule has 2 aromatic rings. The molecule has 0 aliphatic heterocycles. The molecule has 1 fully saturated rings. The zero-order valence-electron chi connectivity index (χ0n) is 22.2. The van der Waals surface area contributed by atoms with Gasteiger partial charge in [0.2, 0.25) is 11.8 Å². The Morgan fingerprint density at radius 3 is 2.66 bits per heavy atom. The molecule has 3 rings (SSSR count). The van der Waals surface area contributed by atoms with Gasteiger partial charge in [-0.3, -0.25) is 14.8 Å². The van der Waals surface area contributed by atoms with E-state index in [0.29, 0.717) is 48.4 Å². The summed E-state index contributed by atoms with van der Waals surface area (Å²) in [5.74, 6) is 0.410. The summed E-state index contributed by atoms with van der Waals surface area (Å²) >= 11 is 4.27. The molecule has 12 heteroatoms. The lowest BCUT2D eigenvalue weighted by atomic mass is 9.82. The summed E-state index contributed by atoms with van der Waals surface area (Å²) in [7, 11) is 1.57. The summed E-state index contributed by atoms with van der Waals surface area (Å²) in [5.41, 5.74) is 3.97. The van der Waals surface area contributed by atoms with Gasteiger partial charge in [0, 0.05) is 38.5 Å². The Bertz CT molecular complexity index is 1200. The average Bonchev–Trinajstić information content (AvgIpc) is 3.74. The second-order valence-corrected chi connectivity index (χ2v) is 9.70. The van der Waals surface area contributed by atoms with E-state index in [1.807, 2.05) is 19.9 Å². The molecule has 2 aromatic heterocycles. The number of nitrogens with one attached hydrogen (secondary N) is 2. The van der Waals surface area contributed by atoms with Gasteiger partial charge in [0.15, 0.2) is 11.9 Å². The van der Waals surface area contributed by atoms with Crippen molar-refractivity contribution in [2.45, 2.75) is 51.5 Å². The molecule has 0 bridgehead atoms. The number of hydroxylamine groups is 1. The van der Waals surface area contributed by atoms with Crippen LogP contribution < -0.4 is 15.5 Å². The highest BCUT2D eigenvalue weighted by molar-refractivity contribution is 7.74. The van der Waals surface area contributed by atoms with Crippen molar-refractivity contribution in [3.63, 3.8) is 0 Å². The van der Waals surface area contributed by atoms with Gasteiger partial charge in [-0.2, -0.15) is 10.6 Å². The molecule has 204 valence electrons. The Morgan fingerprint density at radius 2 is 2.00 bits per heavy atom. The van der Waals surface area contributed by atoms with Gasteiger partial charge in [0.05, 0.1) is 42.0 Å². The van der Waals surface area contributed by atoms with Gasteiger partial charge >= 0.3 is 0 Å². The predicted octanol–water partition coefficient (Wildman–Crippen LogP) is 3.79. The van der Waals surface area contributed by atoms with Crippen molar-refractivity contribution in [1.82, 2.24) is 25.3 Å². The first-order valence-electron chi connectivity index (χ1n) is 12.4. The Labute approximate surface area is 228 Å². The summed E-state index contributed by atoms with van der Waals surface area (Å²) in [6.07, 6.45) is 13.6. The van der Waals surface area contributed by atoms with E-state index in [2.05, 4.69) is 50.1 Å². The topological polar surface area (TPSA) is 131 Å². The van der Waals surface area contributed by atoms with Crippen molar-refractivity contribution in [2.24, 2.45) is 0 Å². The van der Waals surface area contributed by atoms with Crippen LogP contribution in [0, 0.1) is 0 Å². The van der Waals surface area contributed by atoms with Crippen LogP contribution >= 0.6 is 12.8 Å². The molecule has 0 saturated heterocycles. The first-order valence-corrected chi connectivity index (χ1v) is 12.8. The predicted molar refractivity (Wildman–Crippen MR) is 147 cm³/mol. The van der Waals surface area contributed by atoms with Crippen LogP contribution in [0.15, 0.2) is 55.3 Å². The lowest BCUT2D eigenvalue weighted by molar-refractivity contribution is -0.981. The van der Waals surface area contributed by atoms with Crippen LogP contribution in [-0.2, 0) is 14.9 Å². The first-order chi connectivity index (χ1) is 18.1. The van der Waals surface area contributed by atoms with E-state index in [9.17, 15) is 10.0 Å². The number of quaternary nitrogens is 1. The van der Waals surface area contributed by atoms with Gasteiger partial charge < -0.3 is 14.8 Å². The van der Waals surface area contributed by atoms with Crippen molar-refractivity contribution < 1.29 is 23.6 Å². The SMILES string of the molecule is C=C(/C=C\C(=C/C)c1cncc(OCC)n1)NC(=O)C(C)(CCOC)c1cncc(N[N+](O)(S)C2CC2)n1. The average molecular weight is 543 g/mol. The summed E-state index contributed by atoms with van der Waals surface area (Å²) in [6.45, 7) is 10.3. The fourth-order valence-electron chi connectivity index (χ4n) is 3.59. The normalized spacial score (nSPS) is 16.9. The summed E-state index contributed by atoms with van der Waals surface area (Å²) in [6, 6.07) is -0.0308. The van der Waals surface area contributed by atoms with E-state index in [4.69, 9.17) is 9.47 Å². The van der Waals surface area contributed by atoms with Crippen LogP contribution in [0.1, 0.15) is 51.4 Å². The van der Waals surface area contributed by atoms with E-state index in [1.54, 1.807) is 38.6 Å². The zero-order valence-corrected chi connectivity index (χ0v) is 23.1. The smallest absolute Gasteiger partial charge is 0.236 e. The Kier molecular flexibility index (Phi) is 9.97. The highest BCUT2D eigenvalue weighted by Crippen LogP contribution is 2.34. The molecule has 0 radical (unpaired) electrons. The summed E-state index contributed by atoms with van der Waals surface area (Å²) in [5, 5.41) is 13.4. The highest BCUT2D eigenvalue weighted by Gasteiger charge is 2.45. The Balaban J connectivity index is 1.76. The van der Waals surface area contributed by atoms with Gasteiger partial charge in [-0.1, -0.05) is 18.7 Å². The number of thiol groups is 1. The molecular formula is C26H36N7O4S+.